The van der Waals surface area contributed by atoms with Gasteiger partial charge in [0, 0.05) is 18.2 Å². The zero-order valence-electron chi connectivity index (χ0n) is 9.13. The van der Waals surface area contributed by atoms with Crippen molar-refractivity contribution in [3.63, 3.8) is 0 Å². The maximum atomic E-state index is 5.90. The minimum atomic E-state index is 0.0463. The van der Waals surface area contributed by atoms with E-state index in [-0.39, 0.29) is 5.54 Å². The lowest BCUT2D eigenvalue weighted by molar-refractivity contribution is 0.390. The van der Waals surface area contributed by atoms with Gasteiger partial charge in [0.1, 0.15) is 5.15 Å². The van der Waals surface area contributed by atoms with Crippen molar-refractivity contribution in [2.75, 3.05) is 0 Å². The number of rotatable bonds is 2. The molecule has 1 aliphatic heterocycles. The lowest BCUT2D eigenvalue weighted by Gasteiger charge is -2.30. The second kappa shape index (κ2) is 3.93. The van der Waals surface area contributed by atoms with E-state index >= 15 is 0 Å². The van der Waals surface area contributed by atoms with Crippen LogP contribution in [-0.4, -0.2) is 16.7 Å². The van der Waals surface area contributed by atoms with Gasteiger partial charge < -0.3 is 0 Å². The van der Waals surface area contributed by atoms with Gasteiger partial charge in [0.05, 0.1) is 11.2 Å². The molecule has 0 unspecified atom stereocenters. The Balaban J connectivity index is 2.40. The van der Waals surface area contributed by atoms with E-state index in [4.69, 9.17) is 11.6 Å². The molecule has 0 radical (unpaired) electrons. The predicted molar refractivity (Wildman–Crippen MR) is 63.9 cm³/mol. The molecule has 1 aliphatic rings. The Morgan fingerprint density at radius 2 is 2.07 bits per heavy atom. The molecule has 1 aromatic heterocycles. The molecule has 0 aliphatic carbocycles. The van der Waals surface area contributed by atoms with Crippen LogP contribution in [0, 0.1) is 0 Å². The van der Waals surface area contributed by atoms with Gasteiger partial charge in [-0.1, -0.05) is 25.4 Å². The molecule has 80 valence electrons. The summed E-state index contributed by atoms with van der Waals surface area (Å²) in [4.78, 5) is 9.04. The summed E-state index contributed by atoms with van der Waals surface area (Å²) < 4.78 is 0. The largest absolute Gasteiger partial charge is 0.285 e. The summed E-state index contributed by atoms with van der Waals surface area (Å²) in [6.07, 6.45) is 4.95. The molecule has 0 saturated carbocycles. The zero-order valence-corrected chi connectivity index (χ0v) is 9.88. The van der Waals surface area contributed by atoms with Crippen LogP contribution in [0.1, 0.15) is 37.9 Å². The van der Waals surface area contributed by atoms with Crippen LogP contribution >= 0.6 is 11.6 Å². The molecular formula is C12H15ClN2. The molecule has 15 heavy (non-hydrogen) atoms. The maximum absolute atomic E-state index is 5.90. The normalized spacial score (nSPS) is 17.5. The Labute approximate surface area is 95.4 Å². The van der Waals surface area contributed by atoms with Gasteiger partial charge in [-0.25, -0.2) is 4.98 Å². The standard InChI is InChI=1S/C12H15ClN2/c1-3-12(4-2)7-10-9(8-14-12)5-6-11(13)15-10/h5-6,8H,3-4,7H2,1-2H3. The SMILES string of the molecule is CCC1(CC)Cc2nc(Cl)ccc2C=N1. The van der Waals surface area contributed by atoms with Crippen molar-refractivity contribution in [1.29, 1.82) is 0 Å². The smallest absolute Gasteiger partial charge is 0.129 e. The first kappa shape index (κ1) is 10.6. The summed E-state index contributed by atoms with van der Waals surface area (Å²) in [6.45, 7) is 4.35. The Morgan fingerprint density at radius 1 is 1.33 bits per heavy atom. The van der Waals surface area contributed by atoms with Crippen LogP contribution in [0.15, 0.2) is 17.1 Å². The highest BCUT2D eigenvalue weighted by Gasteiger charge is 2.29. The summed E-state index contributed by atoms with van der Waals surface area (Å²) in [5.41, 5.74) is 2.24. The first-order valence-electron chi connectivity index (χ1n) is 5.40. The summed E-state index contributed by atoms with van der Waals surface area (Å²) in [6, 6.07) is 3.81. The van der Waals surface area contributed by atoms with Crippen molar-refractivity contribution in [3.8, 4) is 0 Å². The van der Waals surface area contributed by atoms with Gasteiger partial charge in [0.25, 0.3) is 0 Å². The lowest BCUT2D eigenvalue weighted by atomic mass is 9.85. The highest BCUT2D eigenvalue weighted by molar-refractivity contribution is 6.29. The van der Waals surface area contributed by atoms with Gasteiger partial charge in [-0.3, -0.25) is 4.99 Å². The molecule has 0 atom stereocenters. The molecule has 0 bridgehead atoms. The number of hydrogen-bond donors (Lipinski definition) is 0. The fraction of sp³-hybridized carbons (Fsp3) is 0.500. The Morgan fingerprint density at radius 3 is 2.73 bits per heavy atom. The topological polar surface area (TPSA) is 25.2 Å². The van der Waals surface area contributed by atoms with Gasteiger partial charge in [-0.2, -0.15) is 0 Å². The molecule has 0 amide bonds. The highest BCUT2D eigenvalue weighted by atomic mass is 35.5. The summed E-state index contributed by atoms with van der Waals surface area (Å²) in [7, 11) is 0. The van der Waals surface area contributed by atoms with E-state index in [9.17, 15) is 0 Å². The van der Waals surface area contributed by atoms with E-state index in [1.54, 1.807) is 0 Å². The molecule has 0 N–H and O–H groups in total. The fourth-order valence-corrected chi connectivity index (χ4v) is 2.16. The highest BCUT2D eigenvalue weighted by Crippen LogP contribution is 2.29. The van der Waals surface area contributed by atoms with E-state index in [0.717, 1.165) is 30.5 Å². The van der Waals surface area contributed by atoms with Crippen LogP contribution in [0.3, 0.4) is 0 Å². The van der Waals surface area contributed by atoms with Crippen molar-refractivity contribution >= 4 is 17.8 Å². The number of hydrogen-bond acceptors (Lipinski definition) is 2. The average Bonchev–Trinajstić information content (AvgIpc) is 2.28. The van der Waals surface area contributed by atoms with Crippen LogP contribution < -0.4 is 0 Å². The van der Waals surface area contributed by atoms with Crippen molar-refractivity contribution in [2.24, 2.45) is 4.99 Å². The maximum Gasteiger partial charge on any atom is 0.129 e. The van der Waals surface area contributed by atoms with Gasteiger partial charge in [-0.15, -0.1) is 0 Å². The summed E-state index contributed by atoms with van der Waals surface area (Å²) >= 11 is 5.90. The Hall–Kier alpha value is -0.890. The van der Waals surface area contributed by atoms with Crippen LogP contribution in [0.25, 0.3) is 0 Å². The number of pyridine rings is 1. The van der Waals surface area contributed by atoms with Crippen molar-refractivity contribution in [1.82, 2.24) is 4.98 Å². The molecule has 3 heteroatoms. The zero-order chi connectivity index (χ0) is 10.9. The third-order valence-electron chi connectivity index (χ3n) is 3.27. The molecule has 1 aromatic rings. The molecule has 2 nitrogen and oxygen atoms in total. The van der Waals surface area contributed by atoms with Crippen LogP contribution in [0.5, 0.6) is 0 Å². The molecule has 0 aromatic carbocycles. The molecule has 2 rings (SSSR count). The van der Waals surface area contributed by atoms with Gasteiger partial charge >= 0.3 is 0 Å². The number of fused-ring (bicyclic) bond motifs is 1. The van der Waals surface area contributed by atoms with E-state index < -0.39 is 0 Å². The van der Waals surface area contributed by atoms with Gasteiger partial charge in [-0.05, 0) is 25.0 Å². The van der Waals surface area contributed by atoms with E-state index in [0.29, 0.717) is 5.15 Å². The first-order valence-corrected chi connectivity index (χ1v) is 5.77. The van der Waals surface area contributed by atoms with E-state index in [2.05, 4.69) is 23.8 Å². The molecule has 2 heterocycles. The number of nitrogens with zero attached hydrogens (tertiary/aromatic N) is 2. The monoisotopic (exact) mass is 222 g/mol. The predicted octanol–water partition coefficient (Wildman–Crippen LogP) is 3.27. The Bertz CT molecular complexity index is 395. The molecular weight excluding hydrogens is 208 g/mol. The van der Waals surface area contributed by atoms with E-state index in [1.165, 1.54) is 0 Å². The van der Waals surface area contributed by atoms with Crippen molar-refractivity contribution in [2.45, 2.75) is 38.6 Å². The number of halogens is 1. The minimum Gasteiger partial charge on any atom is -0.285 e. The van der Waals surface area contributed by atoms with E-state index in [1.807, 2.05) is 18.3 Å². The number of aromatic nitrogens is 1. The summed E-state index contributed by atoms with van der Waals surface area (Å²) in [5, 5.41) is 0.574. The van der Waals surface area contributed by atoms with Gasteiger partial charge in [0.15, 0.2) is 0 Å². The minimum absolute atomic E-state index is 0.0463. The third-order valence-corrected chi connectivity index (χ3v) is 3.48. The molecule has 0 saturated heterocycles. The summed E-state index contributed by atoms with van der Waals surface area (Å²) in [5.74, 6) is 0. The van der Waals surface area contributed by atoms with Crippen molar-refractivity contribution in [3.05, 3.63) is 28.5 Å². The molecule has 0 fully saturated rings. The second-order valence-electron chi connectivity index (χ2n) is 4.04. The van der Waals surface area contributed by atoms with Crippen molar-refractivity contribution < 1.29 is 0 Å². The Kier molecular flexibility index (Phi) is 2.79. The number of aliphatic imine (C=N–C) groups is 1. The van der Waals surface area contributed by atoms with Crippen LogP contribution in [-0.2, 0) is 6.42 Å². The second-order valence-corrected chi connectivity index (χ2v) is 4.42. The third kappa shape index (κ3) is 1.91. The first-order chi connectivity index (χ1) is 7.19. The fourth-order valence-electron chi connectivity index (χ4n) is 1.99. The molecule has 0 spiro atoms. The van der Waals surface area contributed by atoms with Crippen LogP contribution in [0.2, 0.25) is 5.15 Å². The quantitative estimate of drug-likeness (QED) is 0.705. The van der Waals surface area contributed by atoms with Crippen LogP contribution in [0.4, 0.5) is 0 Å². The lowest BCUT2D eigenvalue weighted by Crippen LogP contribution is -2.31. The average molecular weight is 223 g/mol. The van der Waals surface area contributed by atoms with Gasteiger partial charge in [0.2, 0.25) is 0 Å².